The van der Waals surface area contributed by atoms with Gasteiger partial charge in [-0.3, -0.25) is 0 Å². The summed E-state index contributed by atoms with van der Waals surface area (Å²) in [6.45, 7) is 1.88. The summed E-state index contributed by atoms with van der Waals surface area (Å²) in [5, 5.41) is 0. The maximum absolute atomic E-state index is 10.7. The van der Waals surface area contributed by atoms with Crippen LogP contribution in [-0.4, -0.2) is 20.0 Å². The lowest BCUT2D eigenvalue weighted by Crippen LogP contribution is -2.15. The molecule has 2 aromatic carbocycles. The van der Waals surface area contributed by atoms with Crippen molar-refractivity contribution in [1.82, 2.24) is 0 Å². The molecule has 1 aliphatic rings. The third kappa shape index (κ3) is 6.15. The molecule has 0 heterocycles. The van der Waals surface area contributed by atoms with Crippen LogP contribution in [0.2, 0.25) is 0 Å². The Labute approximate surface area is 168 Å². The van der Waals surface area contributed by atoms with Crippen LogP contribution < -0.4 is 4.74 Å². The molecule has 136 valence electrons. The third-order valence-electron chi connectivity index (χ3n) is 4.26. The molecule has 0 fully saturated rings. The molecule has 3 rings (SSSR count). The van der Waals surface area contributed by atoms with Gasteiger partial charge in [0.05, 0.1) is 12.0 Å². The Bertz CT molecular complexity index is 804. The lowest BCUT2D eigenvalue weighted by molar-refractivity contribution is 0.412. The van der Waals surface area contributed by atoms with Crippen LogP contribution in [0.25, 0.3) is 0 Å². The maximum Gasteiger partial charge on any atom is 0.261 e. The summed E-state index contributed by atoms with van der Waals surface area (Å²) in [6.07, 6.45) is 3.81. The summed E-state index contributed by atoms with van der Waals surface area (Å²) >= 11 is 2.49. The van der Waals surface area contributed by atoms with Crippen LogP contribution in [-0.2, 0) is 21.9 Å². The van der Waals surface area contributed by atoms with Gasteiger partial charge in [-0.05, 0) is 67.5 Å². The topological polar surface area (TPSA) is 43.4 Å². The van der Waals surface area contributed by atoms with Crippen LogP contribution in [0.5, 0.6) is 5.75 Å². The number of methoxy groups -OCH3 is 1. The normalized spacial score (nSPS) is 16.4. The van der Waals surface area contributed by atoms with Crippen LogP contribution in [0.15, 0.2) is 47.4 Å². The maximum atomic E-state index is 10.7. The zero-order valence-electron chi connectivity index (χ0n) is 14.3. The second-order valence-electron chi connectivity index (χ2n) is 6.15. The van der Waals surface area contributed by atoms with E-state index in [0.717, 1.165) is 17.2 Å². The fourth-order valence-electron chi connectivity index (χ4n) is 2.77. The van der Waals surface area contributed by atoms with Crippen LogP contribution in [0, 0.1) is 12.8 Å². The van der Waals surface area contributed by atoms with Crippen LogP contribution in [0.1, 0.15) is 23.1 Å². The van der Waals surface area contributed by atoms with Gasteiger partial charge in [-0.2, -0.15) is 0 Å². The SMILES string of the molecule is COc1ccc2c(c1)CCC(CI)C2.Cc1ccc(S(=O)(=O)Cl)cc1. The molecule has 0 radical (unpaired) electrons. The molecule has 0 aromatic heterocycles. The summed E-state index contributed by atoms with van der Waals surface area (Å²) in [4.78, 5) is 0.143. The fourth-order valence-corrected chi connectivity index (χ4v) is 4.29. The molecule has 0 bridgehead atoms. The Morgan fingerprint density at radius 1 is 1.16 bits per heavy atom. The number of hydrogen-bond donors (Lipinski definition) is 0. The fraction of sp³-hybridized carbons (Fsp3) is 0.368. The van der Waals surface area contributed by atoms with Gasteiger partial charge in [-0.15, -0.1) is 0 Å². The Kier molecular flexibility index (Phi) is 7.58. The molecular formula is C19H22ClIO3S. The van der Waals surface area contributed by atoms with E-state index in [1.807, 2.05) is 6.92 Å². The van der Waals surface area contributed by atoms with Crippen molar-refractivity contribution in [3.05, 3.63) is 59.2 Å². The Morgan fingerprint density at radius 2 is 1.84 bits per heavy atom. The number of hydrogen-bond acceptors (Lipinski definition) is 3. The van der Waals surface area contributed by atoms with E-state index in [2.05, 4.69) is 40.8 Å². The molecule has 0 spiro atoms. The van der Waals surface area contributed by atoms with Gasteiger partial charge in [0.15, 0.2) is 0 Å². The quantitative estimate of drug-likeness (QED) is 0.338. The molecule has 3 nitrogen and oxygen atoms in total. The van der Waals surface area contributed by atoms with E-state index in [-0.39, 0.29) is 4.90 Å². The Balaban J connectivity index is 0.000000186. The van der Waals surface area contributed by atoms with Crippen molar-refractivity contribution in [3.63, 3.8) is 0 Å². The van der Waals surface area contributed by atoms with Crippen molar-refractivity contribution < 1.29 is 13.2 Å². The van der Waals surface area contributed by atoms with E-state index in [1.165, 1.54) is 46.9 Å². The molecule has 0 aliphatic heterocycles. The van der Waals surface area contributed by atoms with Crippen molar-refractivity contribution in [2.24, 2.45) is 5.92 Å². The van der Waals surface area contributed by atoms with Gasteiger partial charge < -0.3 is 4.74 Å². The smallest absolute Gasteiger partial charge is 0.261 e. The number of aryl methyl sites for hydroxylation is 2. The van der Waals surface area contributed by atoms with Crippen molar-refractivity contribution in [2.45, 2.75) is 31.1 Å². The number of rotatable bonds is 3. The van der Waals surface area contributed by atoms with Crippen LogP contribution >= 0.6 is 33.3 Å². The summed E-state index contributed by atoms with van der Waals surface area (Å²) in [7, 11) is 3.27. The zero-order chi connectivity index (χ0) is 18.4. The molecular weight excluding hydrogens is 471 g/mol. The van der Waals surface area contributed by atoms with E-state index >= 15 is 0 Å². The third-order valence-corrected chi connectivity index (χ3v) is 6.88. The average molecular weight is 493 g/mol. The molecule has 0 amide bonds. The standard InChI is InChI=1S/C12H15IO.C7H7ClO2S/c1-14-12-5-4-10-6-9(8-13)2-3-11(10)7-12;1-6-2-4-7(5-3-6)11(8,9)10/h4-5,7,9H,2-3,6,8H2,1H3;2-5H,1H3. The molecule has 0 saturated heterocycles. The first kappa shape index (κ1) is 20.5. The Morgan fingerprint density at radius 3 is 2.40 bits per heavy atom. The zero-order valence-corrected chi connectivity index (χ0v) is 18.1. The second-order valence-corrected chi connectivity index (χ2v) is 9.60. The summed E-state index contributed by atoms with van der Waals surface area (Å²) < 4.78 is 27.9. The highest BCUT2D eigenvalue weighted by atomic mass is 127. The summed E-state index contributed by atoms with van der Waals surface area (Å²) in [5.74, 6) is 1.88. The van der Waals surface area contributed by atoms with Gasteiger partial charge >= 0.3 is 0 Å². The first-order valence-corrected chi connectivity index (χ1v) is 11.9. The summed E-state index contributed by atoms with van der Waals surface area (Å²) in [5.41, 5.74) is 4.03. The highest BCUT2D eigenvalue weighted by Gasteiger charge is 2.17. The van der Waals surface area contributed by atoms with Gasteiger partial charge in [0, 0.05) is 15.1 Å². The van der Waals surface area contributed by atoms with E-state index in [9.17, 15) is 8.42 Å². The monoisotopic (exact) mass is 492 g/mol. The predicted molar refractivity (Wildman–Crippen MR) is 112 cm³/mol. The van der Waals surface area contributed by atoms with E-state index < -0.39 is 9.05 Å². The number of halogens is 2. The molecule has 1 unspecified atom stereocenters. The largest absolute Gasteiger partial charge is 0.497 e. The first-order valence-electron chi connectivity index (χ1n) is 8.06. The van der Waals surface area contributed by atoms with Crippen molar-refractivity contribution in [2.75, 3.05) is 11.5 Å². The number of benzene rings is 2. The lowest BCUT2D eigenvalue weighted by atomic mass is 9.85. The highest BCUT2D eigenvalue weighted by Crippen LogP contribution is 2.29. The summed E-state index contributed by atoms with van der Waals surface area (Å²) in [6, 6.07) is 12.9. The molecule has 1 atom stereocenters. The molecule has 6 heteroatoms. The van der Waals surface area contributed by atoms with E-state index in [0.29, 0.717) is 0 Å². The van der Waals surface area contributed by atoms with E-state index in [4.69, 9.17) is 15.4 Å². The van der Waals surface area contributed by atoms with Crippen LogP contribution in [0.4, 0.5) is 0 Å². The molecule has 0 N–H and O–H groups in total. The minimum Gasteiger partial charge on any atom is -0.497 e. The number of ether oxygens (including phenoxy) is 1. The molecule has 25 heavy (non-hydrogen) atoms. The highest BCUT2D eigenvalue weighted by molar-refractivity contribution is 14.1. The minimum absolute atomic E-state index is 0.143. The molecule has 2 aromatic rings. The Hall–Kier alpha value is -0.790. The second kappa shape index (κ2) is 9.24. The first-order chi connectivity index (χ1) is 11.8. The van der Waals surface area contributed by atoms with Crippen molar-refractivity contribution >= 4 is 42.3 Å². The lowest BCUT2D eigenvalue weighted by Gasteiger charge is -2.23. The molecule has 1 aliphatic carbocycles. The predicted octanol–water partition coefficient (Wildman–Crippen LogP) is 5.16. The van der Waals surface area contributed by atoms with Crippen molar-refractivity contribution in [1.29, 1.82) is 0 Å². The van der Waals surface area contributed by atoms with Crippen molar-refractivity contribution in [3.8, 4) is 5.75 Å². The van der Waals surface area contributed by atoms with Gasteiger partial charge in [0.25, 0.3) is 9.05 Å². The van der Waals surface area contributed by atoms with Gasteiger partial charge in [-0.1, -0.05) is 46.4 Å². The minimum atomic E-state index is -3.55. The van der Waals surface area contributed by atoms with Crippen LogP contribution in [0.3, 0.4) is 0 Å². The molecule has 0 saturated carbocycles. The van der Waals surface area contributed by atoms with Gasteiger partial charge in [0.1, 0.15) is 5.75 Å². The van der Waals surface area contributed by atoms with E-state index in [1.54, 1.807) is 19.2 Å². The average Bonchev–Trinajstić information content (AvgIpc) is 2.61. The number of fused-ring (bicyclic) bond motifs is 1. The van der Waals surface area contributed by atoms with Gasteiger partial charge in [0.2, 0.25) is 0 Å². The van der Waals surface area contributed by atoms with Gasteiger partial charge in [-0.25, -0.2) is 8.42 Å². The number of alkyl halides is 1.